The van der Waals surface area contributed by atoms with Crippen molar-refractivity contribution in [1.82, 2.24) is 9.88 Å². The van der Waals surface area contributed by atoms with Gasteiger partial charge in [-0.05, 0) is 72.1 Å². The molecule has 188 valence electrons. The predicted molar refractivity (Wildman–Crippen MR) is 140 cm³/mol. The molecule has 2 heterocycles. The Kier molecular flexibility index (Phi) is 6.67. The Hall–Kier alpha value is -3.81. The highest BCUT2D eigenvalue weighted by molar-refractivity contribution is 6.47. The molecular formula is C28H21Cl2FN2O4. The Balaban J connectivity index is 1.58. The molecule has 6 nitrogen and oxygen atoms in total. The summed E-state index contributed by atoms with van der Waals surface area (Å²) in [5.41, 5.74) is 2.36. The largest absolute Gasteiger partial charge is 0.507 e. The second-order valence-corrected chi connectivity index (χ2v) is 9.48. The van der Waals surface area contributed by atoms with E-state index in [4.69, 9.17) is 27.9 Å². The summed E-state index contributed by atoms with van der Waals surface area (Å²) in [6.45, 7) is 0.165. The maximum atomic E-state index is 13.5. The summed E-state index contributed by atoms with van der Waals surface area (Å²) in [7, 11) is 1.59. The van der Waals surface area contributed by atoms with Crippen LogP contribution >= 0.6 is 23.2 Å². The number of H-pyrrole nitrogens is 1. The number of Topliss-reactive ketones (excluding diaryl/α,β-unsaturated/α-hetero) is 1. The van der Waals surface area contributed by atoms with Crippen LogP contribution in [0.4, 0.5) is 4.39 Å². The van der Waals surface area contributed by atoms with Crippen molar-refractivity contribution in [3.63, 3.8) is 0 Å². The number of hydrogen-bond donors (Lipinski definition) is 2. The monoisotopic (exact) mass is 538 g/mol. The van der Waals surface area contributed by atoms with Gasteiger partial charge in [-0.3, -0.25) is 9.59 Å². The van der Waals surface area contributed by atoms with Gasteiger partial charge in [0.05, 0.1) is 18.7 Å². The van der Waals surface area contributed by atoms with Gasteiger partial charge in [-0.25, -0.2) is 4.39 Å². The summed E-state index contributed by atoms with van der Waals surface area (Å²) in [4.78, 5) is 31.1. The molecule has 1 fully saturated rings. The number of carbonyl (C=O) groups is 2. The Bertz CT molecular complexity index is 1560. The van der Waals surface area contributed by atoms with Gasteiger partial charge in [0, 0.05) is 39.3 Å². The van der Waals surface area contributed by atoms with Gasteiger partial charge in [-0.15, -0.1) is 0 Å². The van der Waals surface area contributed by atoms with Crippen LogP contribution in [0.15, 0.2) is 72.4 Å². The first-order valence-corrected chi connectivity index (χ1v) is 12.2. The fourth-order valence-corrected chi connectivity index (χ4v) is 5.16. The Morgan fingerprint density at radius 3 is 2.54 bits per heavy atom. The third-order valence-corrected chi connectivity index (χ3v) is 7.07. The summed E-state index contributed by atoms with van der Waals surface area (Å²) in [5.74, 6) is -1.82. The van der Waals surface area contributed by atoms with Crippen LogP contribution < -0.4 is 4.74 Å². The van der Waals surface area contributed by atoms with E-state index in [0.29, 0.717) is 22.8 Å². The quantitative estimate of drug-likeness (QED) is 0.172. The third-order valence-electron chi connectivity index (χ3n) is 6.51. The maximum Gasteiger partial charge on any atom is 0.295 e. The lowest BCUT2D eigenvalue weighted by Gasteiger charge is -2.26. The van der Waals surface area contributed by atoms with Crippen molar-refractivity contribution in [2.45, 2.75) is 12.5 Å². The Morgan fingerprint density at radius 2 is 1.84 bits per heavy atom. The van der Waals surface area contributed by atoms with Crippen molar-refractivity contribution in [1.29, 1.82) is 0 Å². The number of ketones is 1. The number of benzene rings is 3. The number of fused-ring (bicyclic) bond motifs is 1. The molecule has 1 unspecified atom stereocenters. The summed E-state index contributed by atoms with van der Waals surface area (Å²) in [6.07, 6.45) is 2.27. The van der Waals surface area contributed by atoms with E-state index in [1.54, 1.807) is 19.2 Å². The molecular weight excluding hydrogens is 518 g/mol. The number of hydrogen-bond acceptors (Lipinski definition) is 4. The number of nitrogens with one attached hydrogen (secondary N) is 1. The topological polar surface area (TPSA) is 82.6 Å². The molecule has 1 aliphatic heterocycles. The fraction of sp³-hybridized carbons (Fsp3) is 0.143. The number of aromatic amines is 1. The highest BCUT2D eigenvalue weighted by atomic mass is 35.5. The van der Waals surface area contributed by atoms with E-state index in [1.165, 1.54) is 35.2 Å². The zero-order chi connectivity index (χ0) is 26.3. The van der Waals surface area contributed by atoms with Gasteiger partial charge in [0.15, 0.2) is 0 Å². The van der Waals surface area contributed by atoms with E-state index in [0.717, 1.165) is 16.5 Å². The molecule has 1 amide bonds. The number of ether oxygens (including phenoxy) is 1. The molecule has 1 aromatic heterocycles. The first kappa shape index (κ1) is 24.9. The van der Waals surface area contributed by atoms with Gasteiger partial charge in [-0.2, -0.15) is 0 Å². The number of halogens is 3. The molecule has 5 rings (SSSR count). The minimum Gasteiger partial charge on any atom is -0.507 e. The lowest BCUT2D eigenvalue weighted by Crippen LogP contribution is -2.31. The van der Waals surface area contributed by atoms with E-state index in [-0.39, 0.29) is 22.7 Å². The average Bonchev–Trinajstić information content (AvgIpc) is 3.40. The van der Waals surface area contributed by atoms with Crippen LogP contribution in [0.25, 0.3) is 16.7 Å². The van der Waals surface area contributed by atoms with E-state index in [2.05, 4.69) is 4.98 Å². The molecule has 3 aromatic carbocycles. The van der Waals surface area contributed by atoms with E-state index in [1.807, 2.05) is 24.4 Å². The number of amides is 1. The number of nitrogens with zero attached hydrogens (tertiary/aromatic N) is 1. The number of rotatable bonds is 6. The minimum atomic E-state index is -0.963. The van der Waals surface area contributed by atoms with Crippen LogP contribution in [0.5, 0.6) is 5.75 Å². The lowest BCUT2D eigenvalue weighted by molar-refractivity contribution is -0.139. The summed E-state index contributed by atoms with van der Waals surface area (Å²) >= 11 is 12.6. The van der Waals surface area contributed by atoms with Gasteiger partial charge in [-0.1, -0.05) is 29.3 Å². The van der Waals surface area contributed by atoms with Crippen LogP contribution in [0, 0.1) is 5.82 Å². The summed E-state index contributed by atoms with van der Waals surface area (Å²) in [6, 6.07) is 14.5. The summed E-state index contributed by atoms with van der Waals surface area (Å²) in [5, 5.41) is 12.7. The van der Waals surface area contributed by atoms with Gasteiger partial charge >= 0.3 is 0 Å². The molecule has 0 spiro atoms. The number of aliphatic hydroxyl groups is 1. The van der Waals surface area contributed by atoms with Crippen LogP contribution in [0.2, 0.25) is 10.0 Å². The lowest BCUT2D eigenvalue weighted by atomic mass is 9.95. The molecule has 0 aliphatic carbocycles. The minimum absolute atomic E-state index is 0.124. The van der Waals surface area contributed by atoms with Crippen molar-refractivity contribution in [3.8, 4) is 5.75 Å². The zero-order valence-electron chi connectivity index (χ0n) is 19.6. The molecule has 1 saturated heterocycles. The number of likely N-dealkylation sites (tertiary alicyclic amines) is 1. The zero-order valence-corrected chi connectivity index (χ0v) is 21.1. The SMILES string of the molecule is COc1ccc2[nH]cc(CCN3C(=O)C(=O)/C(=C(\O)c4ccc(F)cc4)C3c3ccc(Cl)cc3Cl)c2c1. The third kappa shape index (κ3) is 4.56. The molecule has 0 bridgehead atoms. The van der Waals surface area contributed by atoms with E-state index < -0.39 is 29.3 Å². The highest BCUT2D eigenvalue weighted by Gasteiger charge is 2.46. The van der Waals surface area contributed by atoms with Gasteiger partial charge in [0.2, 0.25) is 0 Å². The standard InChI is InChI=1S/C28H21Cl2FN2O4/c1-37-19-7-9-23-21(13-19)16(14-32-23)10-11-33-25(20-8-4-17(29)12-22(20)30)24(27(35)28(33)36)26(34)15-2-5-18(31)6-3-15/h2-9,12-14,25,32,34H,10-11H2,1H3/b26-24-. The summed E-state index contributed by atoms with van der Waals surface area (Å²) < 4.78 is 18.8. The highest BCUT2D eigenvalue weighted by Crippen LogP contribution is 2.42. The molecule has 0 saturated carbocycles. The molecule has 1 atom stereocenters. The average molecular weight is 539 g/mol. The number of methoxy groups -OCH3 is 1. The maximum absolute atomic E-state index is 13.5. The predicted octanol–water partition coefficient (Wildman–Crippen LogP) is 6.29. The van der Waals surface area contributed by atoms with Crippen molar-refractivity contribution in [2.24, 2.45) is 0 Å². The molecule has 9 heteroatoms. The van der Waals surface area contributed by atoms with Crippen LogP contribution in [0.3, 0.4) is 0 Å². The van der Waals surface area contributed by atoms with E-state index >= 15 is 0 Å². The smallest absolute Gasteiger partial charge is 0.295 e. The second-order valence-electron chi connectivity index (χ2n) is 8.64. The number of aliphatic hydroxyl groups excluding tert-OH is 1. The molecule has 2 N–H and O–H groups in total. The Labute approximate surface area is 221 Å². The van der Waals surface area contributed by atoms with E-state index in [9.17, 15) is 19.1 Å². The van der Waals surface area contributed by atoms with Crippen LogP contribution in [0.1, 0.15) is 22.7 Å². The number of aromatic nitrogens is 1. The molecule has 37 heavy (non-hydrogen) atoms. The second kappa shape index (κ2) is 9.92. The normalized spacial score (nSPS) is 17.1. The molecule has 0 radical (unpaired) electrons. The first-order valence-electron chi connectivity index (χ1n) is 11.4. The van der Waals surface area contributed by atoms with Gasteiger partial charge in [0.25, 0.3) is 11.7 Å². The molecule has 1 aliphatic rings. The fourth-order valence-electron chi connectivity index (χ4n) is 4.65. The van der Waals surface area contributed by atoms with Crippen LogP contribution in [-0.4, -0.2) is 40.3 Å². The molecule has 4 aromatic rings. The van der Waals surface area contributed by atoms with Gasteiger partial charge < -0.3 is 19.7 Å². The van der Waals surface area contributed by atoms with Gasteiger partial charge in [0.1, 0.15) is 17.3 Å². The van der Waals surface area contributed by atoms with Crippen molar-refractivity contribution >= 4 is 51.6 Å². The van der Waals surface area contributed by atoms with Crippen molar-refractivity contribution < 1.29 is 23.8 Å². The Morgan fingerprint density at radius 1 is 1.08 bits per heavy atom. The first-order chi connectivity index (χ1) is 17.8. The number of carbonyl (C=O) groups excluding carboxylic acids is 2. The van der Waals surface area contributed by atoms with Crippen LogP contribution in [-0.2, 0) is 16.0 Å². The van der Waals surface area contributed by atoms with Crippen molar-refractivity contribution in [2.75, 3.05) is 13.7 Å². The van der Waals surface area contributed by atoms with Crippen molar-refractivity contribution in [3.05, 3.63) is 105 Å².